The summed E-state index contributed by atoms with van der Waals surface area (Å²) < 4.78 is 20.4. The van der Waals surface area contributed by atoms with E-state index in [1.54, 1.807) is 36.7 Å². The number of aromatic nitrogens is 2. The van der Waals surface area contributed by atoms with Crippen LogP contribution < -0.4 is 14.8 Å². The van der Waals surface area contributed by atoms with Gasteiger partial charge >= 0.3 is 173 Å². The van der Waals surface area contributed by atoms with Gasteiger partial charge in [0.25, 0.3) is 0 Å². The molecular formula is C22H25N3O4W. The van der Waals surface area contributed by atoms with Crippen LogP contribution in [0.1, 0.15) is 30.0 Å². The van der Waals surface area contributed by atoms with Crippen LogP contribution in [-0.2, 0) is 30.6 Å². The first kappa shape index (κ1) is 22.2. The molecular weight excluding hydrogens is 554 g/mol. The Hall–Kier alpha value is -2.50. The molecule has 7 nitrogen and oxygen atoms in total. The van der Waals surface area contributed by atoms with Gasteiger partial charge in [0, 0.05) is 0 Å². The molecule has 0 saturated heterocycles. The van der Waals surface area contributed by atoms with Gasteiger partial charge in [-0.1, -0.05) is 0 Å². The number of ether oxygens (including phenoxy) is 3. The Kier molecular flexibility index (Phi) is 8.17. The second-order valence-electron chi connectivity index (χ2n) is 6.79. The SMILES string of the molecule is CC(C)Oc1ccc2c(c1)C(=O)NC=CC=C[C](=[W])c1nccn1CCOCCO2. The molecule has 30 heavy (non-hydrogen) atoms. The molecule has 1 N–H and O–H groups in total. The Morgan fingerprint density at radius 1 is 1.23 bits per heavy atom. The van der Waals surface area contributed by atoms with Crippen molar-refractivity contribution < 1.29 is 38.4 Å². The summed E-state index contributed by atoms with van der Waals surface area (Å²) in [5, 5.41) is 2.78. The third-order valence-electron chi connectivity index (χ3n) is 4.13. The molecule has 0 radical (unpaired) electrons. The summed E-state index contributed by atoms with van der Waals surface area (Å²) in [6, 6.07) is 5.25. The number of rotatable bonds is 2. The van der Waals surface area contributed by atoms with Crippen molar-refractivity contribution in [1.82, 2.24) is 14.9 Å². The van der Waals surface area contributed by atoms with Crippen LogP contribution in [0, 0.1) is 0 Å². The van der Waals surface area contributed by atoms with Crippen LogP contribution >= 0.6 is 0 Å². The topological polar surface area (TPSA) is 74.6 Å². The Bertz CT molecular complexity index is 950. The molecule has 0 fully saturated rings. The number of amides is 1. The average molecular weight is 579 g/mol. The average Bonchev–Trinajstić information content (AvgIpc) is 3.18. The van der Waals surface area contributed by atoms with E-state index >= 15 is 0 Å². The minimum atomic E-state index is -0.268. The van der Waals surface area contributed by atoms with Crippen molar-refractivity contribution in [2.24, 2.45) is 0 Å². The van der Waals surface area contributed by atoms with E-state index in [1.165, 1.54) is 19.4 Å². The number of benzene rings is 1. The van der Waals surface area contributed by atoms with Gasteiger partial charge in [-0.15, -0.1) is 0 Å². The van der Waals surface area contributed by atoms with Crippen molar-refractivity contribution in [3.8, 4) is 11.5 Å². The predicted octanol–water partition coefficient (Wildman–Crippen LogP) is 2.65. The zero-order chi connectivity index (χ0) is 21.3. The van der Waals surface area contributed by atoms with Crippen LogP contribution in [0.3, 0.4) is 0 Å². The van der Waals surface area contributed by atoms with Gasteiger partial charge in [-0.05, 0) is 13.8 Å². The Labute approximate surface area is 187 Å². The number of hydrogen-bond donors (Lipinski definition) is 1. The van der Waals surface area contributed by atoms with Gasteiger partial charge in [0.1, 0.15) is 0 Å². The van der Waals surface area contributed by atoms with Crippen LogP contribution in [0.15, 0.2) is 55.0 Å². The first-order valence-corrected chi connectivity index (χ1v) is 11.2. The van der Waals surface area contributed by atoms with Crippen molar-refractivity contribution in [1.29, 1.82) is 0 Å². The van der Waals surface area contributed by atoms with Gasteiger partial charge < -0.3 is 0 Å². The van der Waals surface area contributed by atoms with E-state index in [4.69, 9.17) is 14.2 Å². The van der Waals surface area contributed by atoms with Crippen LogP contribution in [0.2, 0.25) is 0 Å². The molecule has 8 heteroatoms. The number of nitrogens with zero attached hydrogens (tertiary/aromatic N) is 2. The Balaban J connectivity index is 1.80. The van der Waals surface area contributed by atoms with E-state index in [0.29, 0.717) is 43.4 Å². The molecule has 1 aliphatic rings. The molecule has 0 saturated carbocycles. The number of hydrogen-bond acceptors (Lipinski definition) is 5. The second-order valence-corrected chi connectivity index (χ2v) is 8.37. The first-order chi connectivity index (χ1) is 14.5. The summed E-state index contributed by atoms with van der Waals surface area (Å²) in [7, 11) is 0. The molecule has 2 aromatic rings. The van der Waals surface area contributed by atoms with Crippen LogP contribution in [0.25, 0.3) is 0 Å². The number of carbonyl (C=O) groups excluding carboxylic acids is 1. The van der Waals surface area contributed by atoms with E-state index in [-0.39, 0.29) is 12.0 Å². The number of nitrogens with one attached hydrogen (secondary N) is 1. The zero-order valence-electron chi connectivity index (χ0n) is 17.0. The van der Waals surface area contributed by atoms with E-state index in [1.807, 2.05) is 32.2 Å². The van der Waals surface area contributed by atoms with E-state index < -0.39 is 0 Å². The fourth-order valence-corrected chi connectivity index (χ4v) is 3.72. The van der Waals surface area contributed by atoms with E-state index in [9.17, 15) is 4.79 Å². The summed E-state index contributed by atoms with van der Waals surface area (Å²) in [5.74, 6) is 1.77. The van der Waals surface area contributed by atoms with Crippen LogP contribution in [0.5, 0.6) is 11.5 Å². The first-order valence-electron chi connectivity index (χ1n) is 9.75. The van der Waals surface area contributed by atoms with Gasteiger partial charge in [-0.2, -0.15) is 0 Å². The van der Waals surface area contributed by atoms with E-state index in [0.717, 1.165) is 9.72 Å². The summed E-state index contributed by atoms with van der Waals surface area (Å²) in [4.78, 5) is 17.2. The van der Waals surface area contributed by atoms with Gasteiger partial charge in [-0.3, -0.25) is 0 Å². The van der Waals surface area contributed by atoms with Crippen molar-refractivity contribution >= 4 is 9.81 Å². The molecule has 2 heterocycles. The molecule has 0 spiro atoms. The van der Waals surface area contributed by atoms with E-state index in [2.05, 4.69) is 14.9 Å². The normalized spacial score (nSPS) is 15.7. The fraction of sp³-hybridized carbons (Fsp3) is 0.318. The Morgan fingerprint density at radius 2 is 2.10 bits per heavy atom. The third kappa shape index (κ3) is 6.25. The summed E-state index contributed by atoms with van der Waals surface area (Å²) >= 11 is 1.31. The van der Waals surface area contributed by atoms with Gasteiger partial charge in [-0.25, -0.2) is 0 Å². The molecule has 158 valence electrons. The van der Waals surface area contributed by atoms with Gasteiger partial charge in [0.15, 0.2) is 0 Å². The maximum absolute atomic E-state index is 12.7. The summed E-state index contributed by atoms with van der Waals surface area (Å²) in [6.45, 7) is 5.90. The molecule has 1 aromatic heterocycles. The van der Waals surface area contributed by atoms with Gasteiger partial charge in [0.2, 0.25) is 0 Å². The van der Waals surface area contributed by atoms with Crippen molar-refractivity contribution in [3.05, 3.63) is 66.4 Å². The summed E-state index contributed by atoms with van der Waals surface area (Å²) in [6.07, 6.45) is 11.0. The second kappa shape index (κ2) is 11.0. The Morgan fingerprint density at radius 3 is 2.93 bits per heavy atom. The van der Waals surface area contributed by atoms with Crippen molar-refractivity contribution in [3.63, 3.8) is 0 Å². The van der Waals surface area contributed by atoms with Crippen molar-refractivity contribution in [2.45, 2.75) is 26.5 Å². The molecule has 1 aliphatic heterocycles. The molecule has 1 amide bonds. The number of carbonyl (C=O) groups is 1. The molecule has 0 unspecified atom stereocenters. The third-order valence-corrected chi connectivity index (χ3v) is 5.28. The molecule has 1 aromatic carbocycles. The molecule has 3 rings (SSSR count). The minimum absolute atomic E-state index is 0.0110. The fourth-order valence-electron chi connectivity index (χ4n) is 2.82. The quantitative estimate of drug-likeness (QED) is 0.593. The summed E-state index contributed by atoms with van der Waals surface area (Å²) in [5.41, 5.74) is 0.415. The zero-order valence-corrected chi connectivity index (χ0v) is 20.0. The predicted molar refractivity (Wildman–Crippen MR) is 111 cm³/mol. The number of allylic oxidation sites excluding steroid dienone is 3. The molecule has 0 atom stereocenters. The van der Waals surface area contributed by atoms with Crippen molar-refractivity contribution in [2.75, 3.05) is 19.8 Å². The standard InChI is InChI=1S/C22H25N3O4.W/c1-17(2)29-18-7-8-20-19(16-18)22(26)24-9-5-3-4-6-21-23-10-11-25(21)12-13-27-14-15-28-20;/h3-5,7-11,16-17H,12-15H2,1-2H3,(H,24,26);. The molecule has 0 bridgehead atoms. The van der Waals surface area contributed by atoms with Crippen LogP contribution in [-0.4, -0.2) is 45.3 Å². The molecule has 0 aliphatic carbocycles. The maximum atomic E-state index is 12.7. The van der Waals surface area contributed by atoms with Crippen LogP contribution in [0.4, 0.5) is 0 Å². The van der Waals surface area contributed by atoms with Gasteiger partial charge in [0.05, 0.1) is 0 Å². The number of fused-ring (bicyclic) bond motifs is 2. The number of imidazole rings is 1. The monoisotopic (exact) mass is 579 g/mol.